The van der Waals surface area contributed by atoms with Crippen molar-refractivity contribution in [1.29, 1.82) is 0 Å². The Hall–Kier alpha value is -3.01. The minimum atomic E-state index is -0.650. The molecule has 160 valence electrons. The zero-order chi connectivity index (χ0) is 22.0. The number of aromatic nitrogens is 4. The van der Waals surface area contributed by atoms with Crippen molar-refractivity contribution in [3.05, 3.63) is 64.9 Å². The van der Waals surface area contributed by atoms with Crippen molar-refractivity contribution in [2.45, 2.75) is 26.3 Å². The van der Waals surface area contributed by atoms with Crippen LogP contribution >= 0.6 is 22.9 Å². The molecule has 3 N–H and O–H groups in total. The minimum Gasteiger partial charge on any atom is -0.425 e. The smallest absolute Gasteiger partial charge is 0.328 e. The number of hydrogen-bond donors (Lipinski definition) is 2. The second kappa shape index (κ2) is 9.01. The highest BCUT2D eigenvalue weighted by Crippen LogP contribution is 2.25. The molecule has 0 unspecified atom stereocenters. The molecule has 0 aliphatic rings. The third-order valence-electron chi connectivity index (χ3n) is 4.63. The molecule has 1 atom stereocenters. The number of esters is 1. The lowest BCUT2D eigenvalue weighted by molar-refractivity contribution is -0.136. The number of hydrogen-bond acceptors (Lipinski definition) is 8. The molecule has 2 aromatic carbocycles. The summed E-state index contributed by atoms with van der Waals surface area (Å²) in [6, 6.07) is 14.0. The second-order valence-corrected chi connectivity index (χ2v) is 8.76. The number of nitrogens with two attached hydrogens (primary N) is 1. The molecule has 4 aromatic rings. The summed E-state index contributed by atoms with van der Waals surface area (Å²) in [6.45, 7) is 3.76. The van der Waals surface area contributed by atoms with E-state index in [1.54, 1.807) is 16.6 Å². The molecule has 0 spiro atoms. The maximum absolute atomic E-state index is 12.0. The number of nitrogens with zero attached hydrogens (tertiary/aromatic N) is 4. The van der Waals surface area contributed by atoms with E-state index < -0.39 is 12.0 Å². The van der Waals surface area contributed by atoms with Crippen LogP contribution in [0.4, 0.5) is 10.8 Å². The van der Waals surface area contributed by atoms with Crippen molar-refractivity contribution in [2.24, 2.45) is 11.7 Å². The molecule has 0 aliphatic carbocycles. The molecule has 10 heteroatoms. The van der Waals surface area contributed by atoms with Crippen molar-refractivity contribution in [1.82, 2.24) is 19.8 Å². The van der Waals surface area contributed by atoms with Gasteiger partial charge in [-0.1, -0.05) is 55.0 Å². The first kappa shape index (κ1) is 21.2. The number of anilines is 2. The number of halogens is 1. The molecule has 0 amide bonds. The molecular weight excluding hydrogens is 436 g/mol. The van der Waals surface area contributed by atoms with Crippen LogP contribution in [0.25, 0.3) is 4.96 Å². The van der Waals surface area contributed by atoms with Gasteiger partial charge in [0, 0.05) is 17.1 Å². The van der Waals surface area contributed by atoms with Crippen molar-refractivity contribution in [2.75, 3.05) is 5.32 Å². The van der Waals surface area contributed by atoms with Crippen molar-refractivity contribution >= 4 is 44.7 Å². The predicted octanol–water partition coefficient (Wildman–Crippen LogP) is 4.06. The molecule has 0 aliphatic heterocycles. The Kier molecular flexibility index (Phi) is 6.17. The van der Waals surface area contributed by atoms with Gasteiger partial charge < -0.3 is 15.8 Å². The van der Waals surface area contributed by atoms with E-state index in [1.807, 2.05) is 50.2 Å². The highest BCUT2D eigenvalue weighted by atomic mass is 35.5. The van der Waals surface area contributed by atoms with E-state index in [0.717, 1.165) is 11.3 Å². The first-order valence-electron chi connectivity index (χ1n) is 9.69. The first-order chi connectivity index (χ1) is 14.9. The average Bonchev–Trinajstić information content (AvgIpc) is 3.29. The number of nitrogens with one attached hydrogen (secondary N) is 1. The summed E-state index contributed by atoms with van der Waals surface area (Å²) in [5.41, 5.74) is 7.66. The molecule has 2 aromatic heterocycles. The normalized spacial score (nSPS) is 12.3. The summed E-state index contributed by atoms with van der Waals surface area (Å²) < 4.78 is 7.06. The molecular formula is C21H21ClN6O2S. The van der Waals surface area contributed by atoms with Gasteiger partial charge in [0.2, 0.25) is 10.1 Å². The van der Waals surface area contributed by atoms with Crippen LogP contribution in [0.15, 0.2) is 48.5 Å². The van der Waals surface area contributed by atoms with E-state index in [9.17, 15) is 4.79 Å². The molecule has 0 radical (unpaired) electrons. The number of benzene rings is 2. The van der Waals surface area contributed by atoms with Crippen LogP contribution in [0.5, 0.6) is 5.75 Å². The van der Waals surface area contributed by atoms with Crippen LogP contribution in [0.3, 0.4) is 0 Å². The Bertz CT molecular complexity index is 1200. The van der Waals surface area contributed by atoms with Crippen LogP contribution in [0.1, 0.15) is 25.2 Å². The quantitative estimate of drug-likeness (QED) is 0.319. The fourth-order valence-electron chi connectivity index (χ4n) is 2.82. The highest BCUT2D eigenvalue weighted by Gasteiger charge is 2.19. The number of rotatable bonds is 7. The van der Waals surface area contributed by atoms with Crippen LogP contribution in [-0.2, 0) is 11.2 Å². The highest BCUT2D eigenvalue weighted by molar-refractivity contribution is 7.20. The summed E-state index contributed by atoms with van der Waals surface area (Å²) in [6.07, 6.45) is 0.529. The standard InChI is InChI=1S/C21H21ClN6O2S/c1-12(2)18(23)19(29)30-16-8-6-13(7-9-16)10-17-25-26-21-28(17)27-20(31-21)24-15-5-3-4-14(22)11-15/h3-9,11-12,18H,10,23H2,1-2H3,(H,24,27)/t18-/m1/s1. The third kappa shape index (κ3) is 5.01. The lowest BCUT2D eigenvalue weighted by Crippen LogP contribution is -2.38. The lowest BCUT2D eigenvalue weighted by Gasteiger charge is -2.14. The van der Waals surface area contributed by atoms with Gasteiger partial charge in [0.05, 0.1) is 0 Å². The van der Waals surface area contributed by atoms with Gasteiger partial charge in [0.25, 0.3) is 0 Å². The Morgan fingerprint density at radius 3 is 2.71 bits per heavy atom. The Morgan fingerprint density at radius 2 is 2.00 bits per heavy atom. The van der Waals surface area contributed by atoms with Gasteiger partial charge in [-0.15, -0.1) is 15.3 Å². The molecule has 2 heterocycles. The zero-order valence-electron chi connectivity index (χ0n) is 16.9. The summed E-state index contributed by atoms with van der Waals surface area (Å²) >= 11 is 7.43. The fourth-order valence-corrected chi connectivity index (χ4v) is 3.79. The van der Waals surface area contributed by atoms with E-state index in [0.29, 0.717) is 33.1 Å². The minimum absolute atomic E-state index is 0.0125. The molecule has 0 saturated heterocycles. The molecule has 4 rings (SSSR count). The van der Waals surface area contributed by atoms with Crippen LogP contribution in [0.2, 0.25) is 5.02 Å². The zero-order valence-corrected chi connectivity index (χ0v) is 18.5. The van der Waals surface area contributed by atoms with E-state index in [-0.39, 0.29) is 5.92 Å². The van der Waals surface area contributed by atoms with Gasteiger partial charge in [-0.2, -0.15) is 4.52 Å². The van der Waals surface area contributed by atoms with Crippen LogP contribution in [0, 0.1) is 5.92 Å². The van der Waals surface area contributed by atoms with E-state index in [1.165, 1.54) is 11.3 Å². The largest absolute Gasteiger partial charge is 0.425 e. The summed E-state index contributed by atoms with van der Waals surface area (Å²) in [5, 5.41) is 17.6. The molecule has 8 nitrogen and oxygen atoms in total. The van der Waals surface area contributed by atoms with Gasteiger partial charge in [-0.05, 0) is 41.8 Å². The topological polar surface area (TPSA) is 107 Å². The van der Waals surface area contributed by atoms with Crippen molar-refractivity contribution in [3.63, 3.8) is 0 Å². The average molecular weight is 457 g/mol. The van der Waals surface area contributed by atoms with Crippen molar-refractivity contribution in [3.8, 4) is 5.75 Å². The maximum atomic E-state index is 12.0. The summed E-state index contributed by atoms with van der Waals surface area (Å²) in [4.78, 5) is 12.7. The van der Waals surface area contributed by atoms with Gasteiger partial charge >= 0.3 is 5.97 Å². The SMILES string of the molecule is CC(C)[C@@H](N)C(=O)Oc1ccc(Cc2nnc3sc(Nc4cccc(Cl)c4)nn23)cc1. The molecule has 0 saturated carbocycles. The van der Waals surface area contributed by atoms with E-state index >= 15 is 0 Å². The second-order valence-electron chi connectivity index (χ2n) is 7.36. The van der Waals surface area contributed by atoms with E-state index in [4.69, 9.17) is 22.1 Å². The van der Waals surface area contributed by atoms with Gasteiger partial charge in [0.15, 0.2) is 5.82 Å². The monoisotopic (exact) mass is 456 g/mol. The number of ether oxygens (including phenoxy) is 1. The molecule has 0 fully saturated rings. The first-order valence-corrected chi connectivity index (χ1v) is 10.9. The Labute approximate surface area is 188 Å². The summed E-state index contributed by atoms with van der Waals surface area (Å²) in [5.74, 6) is 0.734. The van der Waals surface area contributed by atoms with Crippen LogP contribution in [-0.4, -0.2) is 31.8 Å². The number of carbonyl (C=O) groups excluding carboxylic acids is 1. The number of fused-ring (bicyclic) bond motifs is 1. The maximum Gasteiger partial charge on any atom is 0.328 e. The molecule has 31 heavy (non-hydrogen) atoms. The van der Waals surface area contributed by atoms with Crippen LogP contribution < -0.4 is 15.8 Å². The lowest BCUT2D eigenvalue weighted by atomic mass is 10.1. The van der Waals surface area contributed by atoms with E-state index in [2.05, 4.69) is 20.6 Å². The molecule has 0 bridgehead atoms. The predicted molar refractivity (Wildman–Crippen MR) is 121 cm³/mol. The Balaban J connectivity index is 1.45. The fraction of sp³-hybridized carbons (Fsp3) is 0.238. The van der Waals surface area contributed by atoms with Crippen molar-refractivity contribution < 1.29 is 9.53 Å². The van der Waals surface area contributed by atoms with Gasteiger partial charge in [-0.25, -0.2) is 4.79 Å². The van der Waals surface area contributed by atoms with Gasteiger partial charge in [0.1, 0.15) is 11.8 Å². The summed E-state index contributed by atoms with van der Waals surface area (Å²) in [7, 11) is 0. The third-order valence-corrected chi connectivity index (χ3v) is 5.68. The number of carbonyl (C=O) groups is 1. The van der Waals surface area contributed by atoms with Gasteiger partial charge in [-0.3, -0.25) is 0 Å². The Morgan fingerprint density at radius 1 is 1.23 bits per heavy atom.